The molecule has 1 aliphatic heterocycles. The van der Waals surface area contributed by atoms with Crippen LogP contribution in [0, 0.1) is 0 Å². The lowest BCUT2D eigenvalue weighted by atomic mass is 9.96. The average molecular weight is 443 g/mol. The Kier molecular flexibility index (Phi) is 6.60. The zero-order valence-electron chi connectivity index (χ0n) is 18.2. The molecule has 2 aromatic rings. The van der Waals surface area contributed by atoms with Crippen LogP contribution in [0.15, 0.2) is 36.9 Å². The van der Waals surface area contributed by atoms with E-state index in [-0.39, 0.29) is 29.0 Å². The van der Waals surface area contributed by atoms with Crippen LogP contribution in [0.3, 0.4) is 0 Å². The maximum Gasteiger partial charge on any atom is 0.257 e. The van der Waals surface area contributed by atoms with Crippen LogP contribution in [0.1, 0.15) is 46.8 Å². The second-order valence-electron chi connectivity index (χ2n) is 7.92. The van der Waals surface area contributed by atoms with Gasteiger partial charge < -0.3 is 19.6 Å². The predicted molar refractivity (Wildman–Crippen MR) is 122 cm³/mol. The van der Waals surface area contributed by atoms with Crippen LogP contribution in [0.2, 0.25) is 5.02 Å². The molecule has 2 amide bonds. The SMILES string of the molecule is C=CC(=O)N(C)c1cc2c(cc1Cl)CCN(C(=O)c1cc(C(C)C)c(OC)cc1O)C2. The number of hydrogen-bond donors (Lipinski definition) is 1. The van der Waals surface area contributed by atoms with E-state index in [2.05, 4.69) is 6.58 Å². The van der Waals surface area contributed by atoms with Crippen molar-refractivity contribution >= 4 is 29.1 Å². The predicted octanol–water partition coefficient (Wildman–Crippen LogP) is 4.52. The van der Waals surface area contributed by atoms with Gasteiger partial charge in [-0.15, -0.1) is 0 Å². The molecule has 31 heavy (non-hydrogen) atoms. The number of nitrogens with zero attached hydrogens (tertiary/aromatic N) is 2. The number of carbonyl (C=O) groups excluding carboxylic acids is 2. The van der Waals surface area contributed by atoms with Crippen molar-refractivity contribution in [1.29, 1.82) is 0 Å². The first-order valence-corrected chi connectivity index (χ1v) is 10.5. The highest BCUT2D eigenvalue weighted by atomic mass is 35.5. The normalized spacial score (nSPS) is 13.0. The van der Waals surface area contributed by atoms with Crippen LogP contribution in [0.4, 0.5) is 5.69 Å². The zero-order valence-corrected chi connectivity index (χ0v) is 19.0. The summed E-state index contributed by atoms with van der Waals surface area (Å²) in [4.78, 5) is 28.4. The number of methoxy groups -OCH3 is 1. The minimum Gasteiger partial charge on any atom is -0.507 e. The number of aromatic hydroxyl groups is 1. The number of ether oxygens (including phenoxy) is 1. The number of phenolic OH excluding ortho intramolecular Hbond substituents is 1. The number of anilines is 1. The van der Waals surface area contributed by atoms with Crippen LogP contribution in [-0.2, 0) is 17.8 Å². The maximum atomic E-state index is 13.3. The highest BCUT2D eigenvalue weighted by molar-refractivity contribution is 6.34. The minimum absolute atomic E-state index is 0.106. The van der Waals surface area contributed by atoms with E-state index in [1.165, 1.54) is 17.0 Å². The molecule has 0 saturated heterocycles. The standard InChI is InChI=1S/C24H27ClN2O4/c1-6-23(29)26(4)20-10-16-13-27(8-7-15(16)9-19(20)25)24(30)18-11-17(14(2)3)22(31-5)12-21(18)28/h6,9-12,14,28H,1,7-8,13H2,2-5H3. The Hall–Kier alpha value is -2.99. The van der Waals surface area contributed by atoms with Crippen LogP contribution >= 0.6 is 11.6 Å². The monoisotopic (exact) mass is 442 g/mol. The molecule has 0 aliphatic carbocycles. The zero-order chi connectivity index (χ0) is 22.9. The van der Waals surface area contributed by atoms with E-state index in [1.54, 1.807) is 25.1 Å². The molecule has 7 heteroatoms. The van der Waals surface area contributed by atoms with E-state index in [0.717, 1.165) is 16.7 Å². The fraction of sp³-hybridized carbons (Fsp3) is 0.333. The third kappa shape index (κ3) is 4.39. The van der Waals surface area contributed by atoms with Gasteiger partial charge in [0, 0.05) is 26.2 Å². The molecule has 0 radical (unpaired) electrons. The molecule has 3 rings (SSSR count). The van der Waals surface area contributed by atoms with E-state index in [4.69, 9.17) is 16.3 Å². The van der Waals surface area contributed by atoms with Gasteiger partial charge in [-0.2, -0.15) is 0 Å². The third-order valence-electron chi connectivity index (χ3n) is 5.64. The molecule has 0 fully saturated rings. The maximum absolute atomic E-state index is 13.3. The van der Waals surface area contributed by atoms with Gasteiger partial charge >= 0.3 is 0 Å². The number of fused-ring (bicyclic) bond motifs is 1. The van der Waals surface area contributed by atoms with Crippen molar-refractivity contribution in [3.05, 3.63) is 64.2 Å². The molecule has 0 aromatic heterocycles. The van der Waals surface area contributed by atoms with E-state index >= 15 is 0 Å². The van der Waals surface area contributed by atoms with Gasteiger partial charge in [0.15, 0.2) is 0 Å². The first kappa shape index (κ1) is 22.7. The van der Waals surface area contributed by atoms with Crippen LogP contribution in [-0.4, -0.2) is 42.5 Å². The lowest BCUT2D eigenvalue weighted by Gasteiger charge is -2.31. The first-order chi connectivity index (χ1) is 14.7. The number of hydrogen-bond acceptors (Lipinski definition) is 4. The molecule has 1 heterocycles. The van der Waals surface area contributed by atoms with Crippen LogP contribution in [0.5, 0.6) is 11.5 Å². The molecule has 0 atom stereocenters. The number of rotatable bonds is 5. The Morgan fingerprint density at radius 3 is 2.58 bits per heavy atom. The summed E-state index contributed by atoms with van der Waals surface area (Å²) < 4.78 is 5.35. The summed E-state index contributed by atoms with van der Waals surface area (Å²) in [6.07, 6.45) is 1.86. The Labute approximate surface area is 187 Å². The minimum atomic E-state index is -0.269. The lowest BCUT2D eigenvalue weighted by Crippen LogP contribution is -2.36. The summed E-state index contributed by atoms with van der Waals surface area (Å²) in [5.74, 6) is 0.0638. The van der Waals surface area contributed by atoms with Crippen molar-refractivity contribution in [1.82, 2.24) is 4.90 Å². The molecule has 0 bridgehead atoms. The molecule has 0 spiro atoms. The number of amides is 2. The molecular formula is C24H27ClN2O4. The highest BCUT2D eigenvalue weighted by Crippen LogP contribution is 2.36. The largest absolute Gasteiger partial charge is 0.507 e. The average Bonchev–Trinajstić information content (AvgIpc) is 2.76. The number of carbonyl (C=O) groups is 2. The van der Waals surface area contributed by atoms with E-state index in [9.17, 15) is 14.7 Å². The van der Waals surface area contributed by atoms with Crippen LogP contribution in [0.25, 0.3) is 0 Å². The molecular weight excluding hydrogens is 416 g/mol. The summed E-state index contributed by atoms with van der Waals surface area (Å²) in [5, 5.41) is 10.9. The summed E-state index contributed by atoms with van der Waals surface area (Å²) in [6, 6.07) is 6.89. The number of phenols is 1. The van der Waals surface area contributed by atoms with Gasteiger partial charge in [-0.05, 0) is 53.3 Å². The summed E-state index contributed by atoms with van der Waals surface area (Å²) in [6.45, 7) is 8.39. The first-order valence-electron chi connectivity index (χ1n) is 10.1. The topological polar surface area (TPSA) is 70.1 Å². The summed E-state index contributed by atoms with van der Waals surface area (Å²) in [5.41, 5.74) is 3.63. The summed E-state index contributed by atoms with van der Waals surface area (Å²) >= 11 is 6.39. The number of benzene rings is 2. The second-order valence-corrected chi connectivity index (χ2v) is 8.32. The molecule has 1 N–H and O–H groups in total. The molecule has 6 nitrogen and oxygen atoms in total. The van der Waals surface area contributed by atoms with E-state index < -0.39 is 0 Å². The molecule has 0 saturated carbocycles. The van der Waals surface area contributed by atoms with Gasteiger partial charge in [0.2, 0.25) is 5.91 Å². The molecule has 1 aliphatic rings. The fourth-order valence-corrected chi connectivity index (χ4v) is 4.12. The van der Waals surface area contributed by atoms with Crippen molar-refractivity contribution in [3.8, 4) is 11.5 Å². The lowest BCUT2D eigenvalue weighted by molar-refractivity contribution is -0.113. The molecule has 2 aromatic carbocycles. The van der Waals surface area contributed by atoms with Gasteiger partial charge in [-0.3, -0.25) is 9.59 Å². The highest BCUT2D eigenvalue weighted by Gasteiger charge is 2.27. The Morgan fingerprint density at radius 2 is 1.97 bits per heavy atom. The van der Waals surface area contributed by atoms with Crippen molar-refractivity contribution in [3.63, 3.8) is 0 Å². The van der Waals surface area contributed by atoms with E-state index in [0.29, 0.717) is 36.0 Å². The Balaban J connectivity index is 1.93. The summed E-state index contributed by atoms with van der Waals surface area (Å²) in [7, 11) is 3.17. The number of halogens is 1. The third-order valence-corrected chi connectivity index (χ3v) is 5.94. The molecule has 164 valence electrons. The van der Waals surface area contributed by atoms with Gasteiger partial charge in [-0.1, -0.05) is 32.0 Å². The van der Waals surface area contributed by atoms with Crippen molar-refractivity contribution in [2.75, 3.05) is 25.6 Å². The Bertz CT molecular complexity index is 1050. The number of likely N-dealkylation sites (N-methyl/N-ethyl adjacent to an activating group) is 1. The van der Waals surface area contributed by atoms with E-state index in [1.807, 2.05) is 26.0 Å². The quantitative estimate of drug-likeness (QED) is 0.691. The van der Waals surface area contributed by atoms with Gasteiger partial charge in [0.25, 0.3) is 5.91 Å². The second kappa shape index (κ2) is 9.02. The van der Waals surface area contributed by atoms with Crippen molar-refractivity contribution in [2.45, 2.75) is 32.7 Å². The smallest absolute Gasteiger partial charge is 0.257 e. The fourth-order valence-electron chi connectivity index (χ4n) is 3.81. The molecule has 0 unspecified atom stereocenters. The Morgan fingerprint density at radius 1 is 1.26 bits per heavy atom. The van der Waals surface area contributed by atoms with Crippen molar-refractivity contribution in [2.24, 2.45) is 0 Å². The van der Waals surface area contributed by atoms with Gasteiger partial charge in [0.1, 0.15) is 11.5 Å². The van der Waals surface area contributed by atoms with Gasteiger partial charge in [-0.25, -0.2) is 0 Å². The van der Waals surface area contributed by atoms with Crippen LogP contribution < -0.4 is 9.64 Å². The van der Waals surface area contributed by atoms with Crippen molar-refractivity contribution < 1.29 is 19.4 Å². The van der Waals surface area contributed by atoms with Gasteiger partial charge in [0.05, 0.1) is 23.4 Å².